The monoisotopic (exact) mass is 704 g/mol. The van der Waals surface area contributed by atoms with Crippen molar-refractivity contribution in [3.8, 4) is 0 Å². The van der Waals surface area contributed by atoms with Gasteiger partial charge < -0.3 is 34.6 Å². The predicted molar refractivity (Wildman–Crippen MR) is 186 cm³/mol. The number of aliphatic hydroxyl groups excluding tert-OH is 3. The molecule has 0 aliphatic heterocycles. The van der Waals surface area contributed by atoms with Gasteiger partial charge in [-0.15, -0.1) is 0 Å². The Kier molecular flexibility index (Phi) is 25.2. The molecule has 0 spiro atoms. The molecule has 0 saturated heterocycles. The Morgan fingerprint density at radius 3 is 1.98 bits per heavy atom. The van der Waals surface area contributed by atoms with Gasteiger partial charge in [0.25, 0.3) is 0 Å². The van der Waals surface area contributed by atoms with Gasteiger partial charge in [-0.3, -0.25) is 14.1 Å². The molecule has 11 nitrogen and oxygen atoms in total. The Balaban J connectivity index is 2.42. The molecule has 1 rings (SSSR count). The van der Waals surface area contributed by atoms with Crippen molar-refractivity contribution in [2.75, 3.05) is 13.2 Å². The molecule has 1 fully saturated rings. The van der Waals surface area contributed by atoms with Crippen LogP contribution in [0.1, 0.15) is 142 Å². The minimum absolute atomic E-state index is 0.110. The van der Waals surface area contributed by atoms with Crippen LogP contribution >= 0.6 is 7.82 Å². The van der Waals surface area contributed by atoms with Gasteiger partial charge in [0.05, 0.1) is 31.3 Å². The van der Waals surface area contributed by atoms with E-state index in [4.69, 9.17) is 19.3 Å². The van der Waals surface area contributed by atoms with E-state index in [9.17, 15) is 29.5 Å². The molecule has 0 bridgehead atoms. The maximum Gasteiger partial charge on any atom is 0.469 e. The molecular formula is C36H65O11P. The van der Waals surface area contributed by atoms with Crippen LogP contribution in [0.4, 0.5) is 0 Å². The van der Waals surface area contributed by atoms with Crippen LogP contribution in [0.5, 0.6) is 0 Å². The van der Waals surface area contributed by atoms with Gasteiger partial charge in [0.15, 0.2) is 6.10 Å². The Bertz CT molecular complexity index is 950. The minimum atomic E-state index is -4.82. The second-order valence-electron chi connectivity index (χ2n) is 13.2. The largest absolute Gasteiger partial charge is 0.469 e. The van der Waals surface area contributed by atoms with E-state index in [1.807, 2.05) is 0 Å². The predicted octanol–water partition coefficient (Wildman–Crippen LogP) is 6.83. The van der Waals surface area contributed by atoms with Crippen molar-refractivity contribution in [2.45, 2.75) is 167 Å². The Morgan fingerprint density at radius 1 is 0.792 bits per heavy atom. The number of hydrogen-bond donors (Lipinski definition) is 5. The molecule has 6 atom stereocenters. The highest BCUT2D eigenvalue weighted by Crippen LogP contribution is 2.37. The lowest BCUT2D eigenvalue weighted by molar-refractivity contribution is -0.160. The Labute approximate surface area is 288 Å². The summed E-state index contributed by atoms with van der Waals surface area (Å²) >= 11 is 0. The van der Waals surface area contributed by atoms with Gasteiger partial charge in [0.1, 0.15) is 6.61 Å². The third-order valence-electron chi connectivity index (χ3n) is 8.83. The molecule has 0 heterocycles. The lowest BCUT2D eigenvalue weighted by atomic mass is 9.89. The number of phosphoric ester groups is 1. The molecule has 0 amide bonds. The highest BCUT2D eigenvalue weighted by Gasteiger charge is 2.39. The van der Waals surface area contributed by atoms with Gasteiger partial charge in [-0.05, 0) is 25.2 Å². The molecule has 1 aliphatic carbocycles. The molecule has 280 valence electrons. The first-order valence-electron chi connectivity index (χ1n) is 18.4. The van der Waals surface area contributed by atoms with Crippen molar-refractivity contribution in [3.05, 3.63) is 24.3 Å². The molecule has 0 unspecified atom stereocenters. The second-order valence-corrected chi connectivity index (χ2v) is 14.4. The van der Waals surface area contributed by atoms with E-state index < -0.39 is 57.4 Å². The van der Waals surface area contributed by atoms with Crippen LogP contribution in [0.25, 0.3) is 0 Å². The van der Waals surface area contributed by atoms with Crippen molar-refractivity contribution in [3.63, 3.8) is 0 Å². The molecular weight excluding hydrogens is 639 g/mol. The van der Waals surface area contributed by atoms with Crippen LogP contribution < -0.4 is 0 Å². The standard InChI is InChI=1S/C36H65O11P/c1-3-5-7-8-9-10-11-12-13-14-15-17-23-36(41)47-30(28-46-48(42,43)44)27-45-35(40)22-19-18-21-31-32(34(39)26-33(31)38)25-24-29(37)20-16-6-4-2/h18-19,24-25,29-34,37-39H,3-17,20-23,26-28H2,1-2H3,(H2,42,43,44)/b19-18-,25-24+/t29-,30-,31+,32-,33+,34-/m1/s1. The Hall–Kier alpha value is -1.59. The van der Waals surface area contributed by atoms with Gasteiger partial charge in [-0.25, -0.2) is 4.57 Å². The van der Waals surface area contributed by atoms with Gasteiger partial charge in [-0.2, -0.15) is 0 Å². The van der Waals surface area contributed by atoms with E-state index in [1.54, 1.807) is 24.3 Å². The highest BCUT2D eigenvalue weighted by atomic mass is 31.2. The molecule has 12 heteroatoms. The van der Waals surface area contributed by atoms with Crippen LogP contribution in [0.15, 0.2) is 24.3 Å². The molecule has 0 aromatic heterocycles. The summed E-state index contributed by atoms with van der Waals surface area (Å²) in [5, 5.41) is 31.1. The SMILES string of the molecule is CCCCCCCCCCCCCCC(=O)O[C@H](COC(=O)C/C=C\C[C@H]1[C@@H](/C=C/[C@H](O)CCCCC)[C@H](O)C[C@@H]1O)COP(=O)(O)O. The molecule has 0 aromatic carbocycles. The van der Waals surface area contributed by atoms with Crippen LogP contribution in [-0.2, 0) is 28.2 Å². The third kappa shape index (κ3) is 22.9. The van der Waals surface area contributed by atoms with Crippen molar-refractivity contribution in [2.24, 2.45) is 11.8 Å². The zero-order valence-corrected chi connectivity index (χ0v) is 30.4. The summed E-state index contributed by atoms with van der Waals surface area (Å²) in [5.74, 6) is -1.78. The number of carbonyl (C=O) groups excluding carboxylic acids is 2. The summed E-state index contributed by atoms with van der Waals surface area (Å²) in [5.41, 5.74) is 0. The molecule has 1 aliphatic rings. The van der Waals surface area contributed by atoms with E-state index in [1.165, 1.54) is 51.4 Å². The normalized spacial score (nSPS) is 21.2. The first kappa shape index (κ1) is 44.4. The number of carbonyl (C=O) groups is 2. The first-order chi connectivity index (χ1) is 23.0. The first-order valence-corrected chi connectivity index (χ1v) is 19.9. The van der Waals surface area contributed by atoms with E-state index in [0.29, 0.717) is 19.3 Å². The quantitative estimate of drug-likeness (QED) is 0.0238. The summed E-state index contributed by atoms with van der Waals surface area (Å²) in [4.78, 5) is 42.9. The number of allylic oxidation sites excluding steroid dienone is 1. The van der Waals surface area contributed by atoms with Gasteiger partial charge in [0.2, 0.25) is 0 Å². The Morgan fingerprint density at radius 2 is 1.38 bits per heavy atom. The fourth-order valence-electron chi connectivity index (χ4n) is 5.99. The van der Waals surface area contributed by atoms with Crippen molar-refractivity contribution < 1.29 is 53.3 Å². The summed E-state index contributed by atoms with van der Waals surface area (Å²) in [6.45, 7) is 3.27. The van der Waals surface area contributed by atoms with Crippen LogP contribution in [0.3, 0.4) is 0 Å². The van der Waals surface area contributed by atoms with E-state index in [-0.39, 0.29) is 31.1 Å². The van der Waals surface area contributed by atoms with Crippen LogP contribution in [-0.4, -0.2) is 74.7 Å². The number of phosphoric acid groups is 1. The fourth-order valence-corrected chi connectivity index (χ4v) is 6.35. The minimum Gasteiger partial charge on any atom is -0.461 e. The van der Waals surface area contributed by atoms with Gasteiger partial charge >= 0.3 is 19.8 Å². The number of aliphatic hydroxyl groups is 3. The topological polar surface area (TPSA) is 180 Å². The third-order valence-corrected chi connectivity index (χ3v) is 9.31. The van der Waals surface area contributed by atoms with Gasteiger partial charge in [0, 0.05) is 18.8 Å². The molecule has 1 saturated carbocycles. The molecule has 5 N–H and O–H groups in total. The van der Waals surface area contributed by atoms with Crippen molar-refractivity contribution >= 4 is 19.8 Å². The zero-order valence-electron chi connectivity index (χ0n) is 29.5. The van der Waals surface area contributed by atoms with Crippen molar-refractivity contribution in [1.29, 1.82) is 0 Å². The molecule has 0 radical (unpaired) electrons. The second kappa shape index (κ2) is 27.2. The van der Waals surface area contributed by atoms with E-state index in [0.717, 1.165) is 38.5 Å². The zero-order chi connectivity index (χ0) is 35.6. The van der Waals surface area contributed by atoms with Crippen molar-refractivity contribution in [1.82, 2.24) is 0 Å². The number of esters is 2. The highest BCUT2D eigenvalue weighted by molar-refractivity contribution is 7.46. The van der Waals surface area contributed by atoms with E-state index >= 15 is 0 Å². The van der Waals surface area contributed by atoms with Crippen LogP contribution in [0, 0.1) is 11.8 Å². The van der Waals surface area contributed by atoms with Gasteiger partial charge in [-0.1, -0.05) is 128 Å². The lowest BCUT2D eigenvalue weighted by Gasteiger charge is -2.19. The maximum atomic E-state index is 12.4. The van der Waals surface area contributed by atoms with Crippen LogP contribution in [0.2, 0.25) is 0 Å². The summed E-state index contributed by atoms with van der Waals surface area (Å²) in [6, 6.07) is 0. The number of unbranched alkanes of at least 4 members (excludes halogenated alkanes) is 13. The summed E-state index contributed by atoms with van der Waals surface area (Å²) in [7, 11) is -4.82. The number of hydrogen-bond acceptors (Lipinski definition) is 9. The number of ether oxygens (including phenoxy) is 2. The smallest absolute Gasteiger partial charge is 0.461 e. The fraction of sp³-hybridized carbons (Fsp3) is 0.833. The average Bonchev–Trinajstić information content (AvgIpc) is 3.30. The molecule has 48 heavy (non-hydrogen) atoms. The molecule has 0 aromatic rings. The average molecular weight is 705 g/mol. The maximum absolute atomic E-state index is 12.4. The summed E-state index contributed by atoms with van der Waals surface area (Å²) < 4.78 is 26.2. The van der Waals surface area contributed by atoms with E-state index in [2.05, 4.69) is 18.4 Å². The summed E-state index contributed by atoms with van der Waals surface area (Å²) in [6.07, 6.45) is 21.8. The lowest BCUT2D eigenvalue weighted by Crippen LogP contribution is -2.29. The number of rotatable bonds is 29.